The molecule has 0 aromatic carbocycles. The minimum Gasteiger partial charge on any atom is -0.461 e. The van der Waals surface area contributed by atoms with Crippen LogP contribution in [0.2, 0.25) is 0 Å². The van der Waals surface area contributed by atoms with E-state index in [1.165, 1.54) is 19.0 Å². The van der Waals surface area contributed by atoms with E-state index in [1.54, 1.807) is 0 Å². The first-order valence-electron chi connectivity index (χ1n) is 8.74. The molecule has 0 bridgehead atoms. The molecule has 0 unspecified atom stereocenters. The molecule has 29 heavy (non-hydrogen) atoms. The third-order valence-electron chi connectivity index (χ3n) is 4.38. The van der Waals surface area contributed by atoms with E-state index in [1.807, 2.05) is 0 Å². The van der Waals surface area contributed by atoms with Crippen molar-refractivity contribution in [3.8, 4) is 0 Å². The molecular weight excluding hydrogens is 400 g/mol. The van der Waals surface area contributed by atoms with Crippen LogP contribution in [0.4, 0.5) is 8.78 Å². The standard InChI is InChI=1S/C16H27F2N3O8/c1-7(23)20-11-10(19)14(17)16(18,29-13(11)12(26)8(24)6-22)15(27)28-5-4-9(25)21(2)3/h8,10-14,22,24,26H,4-6,19H2,1-3H3,(H,20,23)/t8-,10-,11-,12-,13-,14-,16-/m1/s1. The molecule has 0 radical (unpaired) electrons. The molecule has 0 aromatic rings. The third-order valence-corrected chi connectivity index (χ3v) is 4.38. The summed E-state index contributed by atoms with van der Waals surface area (Å²) in [6.07, 6.45) is -8.91. The van der Waals surface area contributed by atoms with Gasteiger partial charge >= 0.3 is 11.8 Å². The summed E-state index contributed by atoms with van der Waals surface area (Å²) in [7, 11) is 2.89. The van der Waals surface area contributed by atoms with Gasteiger partial charge in [-0.1, -0.05) is 0 Å². The zero-order valence-corrected chi connectivity index (χ0v) is 16.2. The summed E-state index contributed by atoms with van der Waals surface area (Å²) in [6.45, 7) is -0.508. The van der Waals surface area contributed by atoms with Crippen LogP contribution < -0.4 is 11.1 Å². The monoisotopic (exact) mass is 427 g/mol. The molecule has 0 aliphatic carbocycles. The van der Waals surface area contributed by atoms with Crippen LogP contribution in [0.1, 0.15) is 13.3 Å². The lowest BCUT2D eigenvalue weighted by atomic mass is 9.86. The third kappa shape index (κ3) is 5.79. The molecule has 168 valence electrons. The second kappa shape index (κ2) is 10.2. The highest BCUT2D eigenvalue weighted by molar-refractivity contribution is 5.80. The van der Waals surface area contributed by atoms with Crippen molar-refractivity contribution >= 4 is 17.8 Å². The molecule has 1 rings (SSSR count). The fraction of sp³-hybridized carbons (Fsp3) is 0.812. The van der Waals surface area contributed by atoms with Gasteiger partial charge in [0.15, 0.2) is 6.17 Å². The molecule has 1 aliphatic rings. The van der Waals surface area contributed by atoms with Crippen molar-refractivity contribution in [2.45, 2.75) is 55.8 Å². The van der Waals surface area contributed by atoms with Gasteiger partial charge in [-0.3, -0.25) is 9.59 Å². The van der Waals surface area contributed by atoms with Crippen LogP contribution in [0.15, 0.2) is 0 Å². The summed E-state index contributed by atoms with van der Waals surface area (Å²) < 4.78 is 39.2. The van der Waals surface area contributed by atoms with E-state index in [-0.39, 0.29) is 6.42 Å². The predicted octanol–water partition coefficient (Wildman–Crippen LogP) is -3.04. The highest BCUT2D eigenvalue weighted by atomic mass is 19.2. The second-order valence-corrected chi connectivity index (χ2v) is 6.85. The van der Waals surface area contributed by atoms with Crippen molar-refractivity contribution in [3.63, 3.8) is 0 Å². The van der Waals surface area contributed by atoms with Crippen molar-refractivity contribution < 1.29 is 48.0 Å². The number of nitrogens with zero attached hydrogens (tertiary/aromatic N) is 1. The molecule has 7 atom stereocenters. The minimum absolute atomic E-state index is 0.304. The Morgan fingerprint density at radius 1 is 1.34 bits per heavy atom. The summed E-state index contributed by atoms with van der Waals surface area (Å²) in [5, 5.41) is 30.9. The summed E-state index contributed by atoms with van der Waals surface area (Å²) in [5.41, 5.74) is 5.64. The van der Waals surface area contributed by atoms with Gasteiger partial charge in [0.1, 0.15) is 24.9 Å². The van der Waals surface area contributed by atoms with Gasteiger partial charge < -0.3 is 40.7 Å². The Morgan fingerprint density at radius 3 is 2.41 bits per heavy atom. The van der Waals surface area contributed by atoms with Crippen LogP contribution in [0, 0.1) is 0 Å². The maximum Gasteiger partial charge on any atom is 0.375 e. The van der Waals surface area contributed by atoms with Crippen LogP contribution in [0.5, 0.6) is 0 Å². The Balaban J connectivity index is 3.06. The normalized spacial score (nSPS) is 31.5. The largest absolute Gasteiger partial charge is 0.461 e. The number of carbonyl (C=O) groups excluding carboxylic acids is 3. The van der Waals surface area contributed by atoms with Crippen molar-refractivity contribution in [2.75, 3.05) is 27.3 Å². The first-order chi connectivity index (χ1) is 13.4. The molecule has 0 spiro atoms. The van der Waals surface area contributed by atoms with Crippen molar-refractivity contribution in [1.29, 1.82) is 0 Å². The van der Waals surface area contributed by atoms with Crippen molar-refractivity contribution in [2.24, 2.45) is 5.73 Å². The van der Waals surface area contributed by atoms with Gasteiger partial charge in [0.2, 0.25) is 11.8 Å². The quantitative estimate of drug-likeness (QED) is 0.252. The number of nitrogens with two attached hydrogens (primary N) is 1. The Labute approximate surface area is 165 Å². The fourth-order valence-corrected chi connectivity index (χ4v) is 2.72. The maximum absolute atomic E-state index is 15.2. The Bertz CT molecular complexity index is 611. The first kappa shape index (κ1) is 25.1. The summed E-state index contributed by atoms with van der Waals surface area (Å²) in [5.74, 6) is -6.78. The van der Waals surface area contributed by atoms with Crippen LogP contribution in [-0.4, -0.2) is 108 Å². The summed E-state index contributed by atoms with van der Waals surface area (Å²) in [4.78, 5) is 36.2. The lowest BCUT2D eigenvalue weighted by Crippen LogP contribution is -2.73. The molecule has 11 nitrogen and oxygen atoms in total. The zero-order valence-electron chi connectivity index (χ0n) is 16.2. The number of halogens is 2. The predicted molar refractivity (Wildman–Crippen MR) is 92.6 cm³/mol. The molecule has 1 aliphatic heterocycles. The van der Waals surface area contributed by atoms with Crippen LogP contribution in [-0.2, 0) is 23.9 Å². The van der Waals surface area contributed by atoms with E-state index in [9.17, 15) is 29.0 Å². The summed E-state index contributed by atoms with van der Waals surface area (Å²) >= 11 is 0. The number of rotatable bonds is 8. The highest BCUT2D eigenvalue weighted by Gasteiger charge is 2.62. The number of aliphatic hydroxyl groups excluding tert-OH is 3. The number of esters is 1. The molecular formula is C16H27F2N3O8. The maximum atomic E-state index is 15.2. The Hall–Kier alpha value is -1.93. The molecule has 0 aromatic heterocycles. The molecule has 0 saturated carbocycles. The molecule has 1 saturated heterocycles. The molecule has 13 heteroatoms. The van der Waals surface area contributed by atoms with Crippen molar-refractivity contribution in [3.05, 3.63) is 0 Å². The number of hydrogen-bond donors (Lipinski definition) is 5. The second-order valence-electron chi connectivity index (χ2n) is 6.85. The van der Waals surface area contributed by atoms with Gasteiger partial charge in [0, 0.05) is 21.0 Å². The van der Waals surface area contributed by atoms with E-state index in [0.29, 0.717) is 0 Å². The number of hydrogen-bond acceptors (Lipinski definition) is 9. The lowest BCUT2D eigenvalue weighted by molar-refractivity contribution is -0.278. The van der Waals surface area contributed by atoms with Gasteiger partial charge in [0.25, 0.3) is 0 Å². The molecule has 1 fully saturated rings. The van der Waals surface area contributed by atoms with Crippen LogP contribution >= 0.6 is 0 Å². The first-order valence-corrected chi connectivity index (χ1v) is 8.74. The van der Waals surface area contributed by atoms with E-state index >= 15 is 4.39 Å². The molecule has 1 heterocycles. The van der Waals surface area contributed by atoms with E-state index in [2.05, 4.69) is 10.1 Å². The fourth-order valence-electron chi connectivity index (χ4n) is 2.72. The Kier molecular flexibility index (Phi) is 8.84. The number of alkyl halides is 2. The molecule has 2 amide bonds. The number of nitrogens with one attached hydrogen (secondary N) is 1. The SMILES string of the molecule is CC(=O)N[C@@H]1[C@@H](N)[C@@H](F)[C@](F)(C(=O)OCCC(=O)N(C)C)O[C@H]1[C@H](O)[C@H](O)CO. The minimum atomic E-state index is -3.78. The average molecular weight is 427 g/mol. The van der Waals surface area contributed by atoms with Gasteiger partial charge in [-0.25, -0.2) is 9.18 Å². The number of ether oxygens (including phenoxy) is 2. The number of aliphatic hydroxyl groups is 3. The topological polar surface area (TPSA) is 172 Å². The number of amides is 2. The smallest absolute Gasteiger partial charge is 0.375 e. The summed E-state index contributed by atoms with van der Waals surface area (Å²) in [6, 6.07) is -3.41. The van der Waals surface area contributed by atoms with Crippen molar-refractivity contribution in [1.82, 2.24) is 10.2 Å². The van der Waals surface area contributed by atoms with Crippen LogP contribution in [0.25, 0.3) is 0 Å². The lowest BCUT2D eigenvalue weighted by Gasteiger charge is -2.46. The zero-order chi connectivity index (χ0) is 22.5. The van der Waals surface area contributed by atoms with Gasteiger partial charge in [-0.2, -0.15) is 4.39 Å². The van der Waals surface area contributed by atoms with E-state index in [4.69, 9.17) is 15.6 Å². The van der Waals surface area contributed by atoms with E-state index < -0.39 is 73.4 Å². The van der Waals surface area contributed by atoms with Gasteiger partial charge in [-0.15, -0.1) is 0 Å². The highest BCUT2D eigenvalue weighted by Crippen LogP contribution is 2.35. The van der Waals surface area contributed by atoms with Gasteiger partial charge in [0.05, 0.1) is 25.1 Å². The van der Waals surface area contributed by atoms with E-state index in [0.717, 1.165) is 6.92 Å². The molecule has 6 N–H and O–H groups in total. The van der Waals surface area contributed by atoms with Crippen LogP contribution in [0.3, 0.4) is 0 Å². The number of carbonyl (C=O) groups is 3. The Morgan fingerprint density at radius 2 is 1.93 bits per heavy atom. The van der Waals surface area contributed by atoms with Gasteiger partial charge in [-0.05, 0) is 0 Å². The average Bonchev–Trinajstić information content (AvgIpc) is 2.66.